The predicted molar refractivity (Wildman–Crippen MR) is 241 cm³/mol. The van der Waals surface area contributed by atoms with E-state index in [0.717, 1.165) is 20.8 Å². The molecule has 65 heavy (non-hydrogen) atoms. The summed E-state index contributed by atoms with van der Waals surface area (Å²) in [5, 5.41) is 33.8. The Labute approximate surface area is 377 Å². The van der Waals surface area contributed by atoms with Gasteiger partial charge in [0.15, 0.2) is 0 Å². The second-order valence-electron chi connectivity index (χ2n) is 15.8. The van der Waals surface area contributed by atoms with Gasteiger partial charge in [0.05, 0.1) is 46.1 Å². The lowest BCUT2D eigenvalue weighted by atomic mass is 10.00. The van der Waals surface area contributed by atoms with Gasteiger partial charge in [-0.15, -0.1) is 10.2 Å². The van der Waals surface area contributed by atoms with Crippen LogP contribution in [0.5, 0.6) is 17.2 Å². The van der Waals surface area contributed by atoms with Gasteiger partial charge in [0.25, 0.3) is 0 Å². The summed E-state index contributed by atoms with van der Waals surface area (Å²) in [4.78, 5) is 17.2. The van der Waals surface area contributed by atoms with Gasteiger partial charge >= 0.3 is 6.09 Å². The summed E-state index contributed by atoms with van der Waals surface area (Å²) in [7, 11) is -5.46. The van der Waals surface area contributed by atoms with Gasteiger partial charge in [-0.3, -0.25) is 0 Å². The number of pyridine rings is 1. The van der Waals surface area contributed by atoms with E-state index in [1.54, 1.807) is 107 Å². The molecule has 344 valence electrons. The average Bonchev–Trinajstić information content (AvgIpc) is 3.75. The number of benzene rings is 4. The number of anilines is 1. The summed E-state index contributed by atoms with van der Waals surface area (Å²) in [5.41, 5.74) is 7.23. The molecule has 0 aliphatic rings. The molecule has 0 fully saturated rings. The number of nitrogens with one attached hydrogen (secondary N) is 1. The highest BCUT2D eigenvalue weighted by Gasteiger charge is 2.39. The fourth-order valence-electron chi connectivity index (χ4n) is 6.91. The van der Waals surface area contributed by atoms with Gasteiger partial charge in [-0.1, -0.05) is 42.5 Å². The number of aliphatic hydroxyl groups excluding tert-OH is 1. The number of nitrogens with zero attached hydrogens (tertiary/aromatic N) is 7. The number of sulfonamides is 2. The van der Waals surface area contributed by atoms with Crippen LogP contribution in [0.25, 0.3) is 22.5 Å². The molecule has 0 saturated heterocycles. The summed E-state index contributed by atoms with van der Waals surface area (Å²) in [6, 6.07) is 24.7. The molecular formula is C44H51N9O10S2. The quantitative estimate of drug-likeness (QED) is 0.0846. The van der Waals surface area contributed by atoms with E-state index in [1.165, 1.54) is 37.3 Å². The van der Waals surface area contributed by atoms with E-state index in [2.05, 4.69) is 25.1 Å². The van der Waals surface area contributed by atoms with Crippen molar-refractivity contribution in [2.75, 3.05) is 40.2 Å². The van der Waals surface area contributed by atoms with Crippen LogP contribution in [0.4, 0.5) is 10.6 Å². The van der Waals surface area contributed by atoms with E-state index >= 15 is 8.42 Å². The zero-order valence-electron chi connectivity index (χ0n) is 36.6. The molecule has 2 aromatic heterocycles. The molecule has 4 aromatic carbocycles. The van der Waals surface area contributed by atoms with E-state index in [9.17, 15) is 23.4 Å². The molecule has 21 heteroatoms. The molecule has 0 aliphatic carbocycles. The molecule has 19 nitrogen and oxygen atoms in total. The molecule has 0 aliphatic heterocycles. The summed E-state index contributed by atoms with van der Waals surface area (Å²) in [6.45, 7) is 3.08. The molecule has 0 unspecified atom stereocenters. The van der Waals surface area contributed by atoms with Crippen LogP contribution in [0.15, 0.2) is 113 Å². The minimum atomic E-state index is -5.01. The van der Waals surface area contributed by atoms with E-state index in [0.29, 0.717) is 33.9 Å². The molecule has 6 rings (SSSR count). The number of nitrogen functional groups attached to an aromatic ring is 1. The van der Waals surface area contributed by atoms with Crippen molar-refractivity contribution in [1.82, 2.24) is 39.1 Å². The van der Waals surface area contributed by atoms with Crippen molar-refractivity contribution < 1.29 is 46.1 Å². The van der Waals surface area contributed by atoms with Gasteiger partial charge < -0.3 is 35.1 Å². The smallest absolute Gasteiger partial charge is 0.407 e. The van der Waals surface area contributed by atoms with Gasteiger partial charge in [-0.05, 0) is 108 Å². The molecule has 1 atom stereocenters. The molecule has 0 bridgehead atoms. The first kappa shape index (κ1) is 47.8. The highest BCUT2D eigenvalue weighted by Crippen LogP contribution is 2.42. The number of rotatable bonds is 19. The number of aliphatic hydroxyl groups is 1. The van der Waals surface area contributed by atoms with E-state index < -0.39 is 60.7 Å². The summed E-state index contributed by atoms with van der Waals surface area (Å²) < 4.78 is 81.2. The SMILES string of the molecule is COc1ccc(CN(Cc2ccc(OC)cc2)S(=O)(=O)c2c(S(=O)(=O)N[C@@H](CO)CN(C(=O)O)C(C)(C)C)ccc(-c3ccnc(N)c3)c2-c2nnn(Cc3ccc(OC)cc3)n2)cc1. The molecule has 5 N–H and O–H groups in total. The van der Waals surface area contributed by atoms with E-state index in [-0.39, 0.29) is 42.4 Å². The maximum atomic E-state index is 15.9. The predicted octanol–water partition coefficient (Wildman–Crippen LogP) is 4.87. The Bertz CT molecular complexity index is 2770. The molecule has 0 radical (unpaired) electrons. The van der Waals surface area contributed by atoms with Gasteiger partial charge in [0, 0.05) is 31.4 Å². The fourth-order valence-corrected chi connectivity index (χ4v) is 10.5. The molecule has 0 spiro atoms. The number of tetrazole rings is 1. The number of ether oxygens (including phenoxy) is 3. The van der Waals surface area contributed by atoms with Crippen molar-refractivity contribution in [3.8, 4) is 39.8 Å². The summed E-state index contributed by atoms with van der Waals surface area (Å²) in [6.07, 6.45) is 0.0516. The number of hydrogen-bond donors (Lipinski definition) is 4. The van der Waals surface area contributed by atoms with Crippen molar-refractivity contribution in [2.45, 2.75) is 61.8 Å². The highest BCUT2D eigenvalue weighted by molar-refractivity contribution is 7.92. The number of aromatic nitrogens is 5. The molecule has 0 saturated carbocycles. The molecule has 6 aromatic rings. The lowest BCUT2D eigenvalue weighted by Crippen LogP contribution is -2.53. The Morgan fingerprint density at radius 3 is 1.83 bits per heavy atom. The Morgan fingerprint density at radius 1 is 0.815 bits per heavy atom. The molecular weight excluding hydrogens is 879 g/mol. The molecule has 1 amide bonds. The van der Waals surface area contributed by atoms with Crippen molar-refractivity contribution in [2.24, 2.45) is 0 Å². The number of nitrogens with two attached hydrogens (primary N) is 1. The zero-order chi connectivity index (χ0) is 47.1. The second-order valence-corrected chi connectivity index (χ2v) is 19.4. The van der Waals surface area contributed by atoms with Crippen LogP contribution in [-0.4, -0.2) is 114 Å². The van der Waals surface area contributed by atoms with Crippen LogP contribution in [0.2, 0.25) is 0 Å². The minimum Gasteiger partial charge on any atom is -0.497 e. The first-order chi connectivity index (χ1) is 30.9. The van der Waals surface area contributed by atoms with Crippen molar-refractivity contribution in [3.05, 3.63) is 120 Å². The summed E-state index contributed by atoms with van der Waals surface area (Å²) >= 11 is 0. The largest absolute Gasteiger partial charge is 0.497 e. The van der Waals surface area contributed by atoms with Crippen LogP contribution in [-0.2, 0) is 39.7 Å². The number of methoxy groups -OCH3 is 3. The number of amides is 1. The standard InChI is InChI=1S/C44H51N9O10S2/c1-44(2,3)52(43(55)56)27-33(28-54)49-64(57,58)38-20-19-37(32-21-22-46-39(45)23-32)40(42-47-50-53(48-42)26-31-11-17-36(63-6)18-12-31)41(38)65(59,60)51(24-29-7-13-34(61-4)14-8-29)25-30-9-15-35(62-5)16-10-30/h7-23,33,49,54H,24-28H2,1-6H3,(H2,45,46)(H,55,56)/t33-/m1/s1. The van der Waals surface area contributed by atoms with Gasteiger partial charge in [0.2, 0.25) is 25.9 Å². The van der Waals surface area contributed by atoms with Crippen LogP contribution < -0.4 is 24.7 Å². The third kappa shape index (κ3) is 11.4. The van der Waals surface area contributed by atoms with Crippen molar-refractivity contribution in [3.63, 3.8) is 0 Å². The van der Waals surface area contributed by atoms with Gasteiger partial charge in [-0.25, -0.2) is 31.3 Å². The third-order valence-electron chi connectivity index (χ3n) is 10.3. The van der Waals surface area contributed by atoms with E-state index in [1.807, 2.05) is 0 Å². The van der Waals surface area contributed by atoms with Crippen molar-refractivity contribution in [1.29, 1.82) is 0 Å². The Kier molecular flexibility index (Phi) is 14.7. The van der Waals surface area contributed by atoms with Crippen molar-refractivity contribution >= 4 is 32.0 Å². The number of carbonyl (C=O) groups is 1. The topological polar surface area (TPSA) is 255 Å². The first-order valence-electron chi connectivity index (χ1n) is 20.1. The van der Waals surface area contributed by atoms with Crippen LogP contribution in [0.1, 0.15) is 37.5 Å². The van der Waals surface area contributed by atoms with E-state index in [4.69, 9.17) is 19.9 Å². The van der Waals surface area contributed by atoms with Crippen LogP contribution >= 0.6 is 0 Å². The maximum absolute atomic E-state index is 15.9. The monoisotopic (exact) mass is 929 g/mol. The third-order valence-corrected chi connectivity index (χ3v) is 13.9. The van der Waals surface area contributed by atoms with Crippen LogP contribution in [0.3, 0.4) is 0 Å². The lowest BCUT2D eigenvalue weighted by Gasteiger charge is -2.35. The highest BCUT2D eigenvalue weighted by atomic mass is 32.2. The fraction of sp³-hybridized carbons (Fsp3) is 0.295. The maximum Gasteiger partial charge on any atom is 0.407 e. The average molecular weight is 930 g/mol. The Morgan fingerprint density at radius 2 is 1.35 bits per heavy atom. The number of carboxylic acid groups (broad SMARTS) is 1. The van der Waals surface area contributed by atoms with Gasteiger partial charge in [0.1, 0.15) is 32.9 Å². The Hall–Kier alpha value is -6.65. The van der Waals surface area contributed by atoms with Gasteiger partial charge in [-0.2, -0.15) is 9.10 Å². The number of hydrogen-bond acceptors (Lipinski definition) is 14. The lowest BCUT2D eigenvalue weighted by molar-refractivity contribution is 0.0878. The zero-order valence-corrected chi connectivity index (χ0v) is 38.2. The minimum absolute atomic E-state index is 0.0839. The first-order valence-corrected chi connectivity index (χ1v) is 23.0. The normalized spacial score (nSPS) is 12.5. The van der Waals surface area contributed by atoms with Crippen LogP contribution in [0, 0.1) is 0 Å². The summed E-state index contributed by atoms with van der Waals surface area (Å²) in [5.74, 6) is 1.51. The second kappa shape index (κ2) is 20.0. The Balaban J connectivity index is 1.63. The molecule has 2 heterocycles.